The molecule has 0 radical (unpaired) electrons. The maximum atomic E-state index is 13.2. The molecule has 1 amide bonds. The Kier molecular flexibility index (Phi) is 6.50. The Bertz CT molecular complexity index is 1060. The first-order valence-electron chi connectivity index (χ1n) is 10.2. The third-order valence-corrected chi connectivity index (χ3v) is 6.23. The number of amides is 1. The topological polar surface area (TPSA) is 84.9 Å². The lowest BCUT2D eigenvalue weighted by molar-refractivity contribution is -0.127. The summed E-state index contributed by atoms with van der Waals surface area (Å²) in [4.78, 5) is 14.9. The average molecular weight is 447 g/mol. The maximum Gasteiger partial charge on any atom is 0.236 e. The number of anilines is 2. The SMILES string of the molecule is COc1cccc(CS(=O)(=O)Nc2ccc3c(c2)N(CC(C)C)C(=O)C(C)(C)CO3)c1. The quantitative estimate of drug-likeness (QED) is 0.694. The number of hydrogen-bond acceptors (Lipinski definition) is 5. The molecular formula is C23H30N2O5S. The summed E-state index contributed by atoms with van der Waals surface area (Å²) in [6.07, 6.45) is 0. The van der Waals surface area contributed by atoms with Crippen LogP contribution in [0.1, 0.15) is 33.3 Å². The minimum atomic E-state index is -3.68. The highest BCUT2D eigenvalue weighted by atomic mass is 32.2. The molecule has 8 heteroatoms. The molecule has 31 heavy (non-hydrogen) atoms. The number of carbonyl (C=O) groups is 1. The lowest BCUT2D eigenvalue weighted by Gasteiger charge is -2.29. The Hall–Kier alpha value is -2.74. The molecule has 1 N–H and O–H groups in total. The minimum Gasteiger partial charge on any atom is -0.497 e. The van der Waals surface area contributed by atoms with Crippen molar-refractivity contribution in [3.8, 4) is 11.5 Å². The zero-order chi connectivity index (χ0) is 22.8. The number of rotatable bonds is 7. The van der Waals surface area contributed by atoms with Gasteiger partial charge in [-0.05, 0) is 55.7 Å². The van der Waals surface area contributed by atoms with Crippen LogP contribution in [-0.4, -0.2) is 34.6 Å². The molecular weight excluding hydrogens is 416 g/mol. The fourth-order valence-electron chi connectivity index (χ4n) is 3.45. The van der Waals surface area contributed by atoms with Crippen LogP contribution in [0.4, 0.5) is 11.4 Å². The Morgan fingerprint density at radius 2 is 1.94 bits per heavy atom. The third kappa shape index (κ3) is 5.50. The van der Waals surface area contributed by atoms with Crippen LogP contribution in [0.15, 0.2) is 42.5 Å². The molecule has 0 bridgehead atoms. The highest BCUT2D eigenvalue weighted by molar-refractivity contribution is 7.91. The van der Waals surface area contributed by atoms with E-state index in [0.717, 1.165) is 0 Å². The van der Waals surface area contributed by atoms with Crippen molar-refractivity contribution in [1.82, 2.24) is 0 Å². The van der Waals surface area contributed by atoms with Gasteiger partial charge in [-0.1, -0.05) is 26.0 Å². The number of ether oxygens (including phenoxy) is 2. The summed E-state index contributed by atoms with van der Waals surface area (Å²) in [6.45, 7) is 8.55. The number of benzene rings is 2. The first-order valence-corrected chi connectivity index (χ1v) is 11.9. The second-order valence-electron chi connectivity index (χ2n) is 8.88. The molecule has 0 aromatic heterocycles. The molecule has 2 aromatic carbocycles. The summed E-state index contributed by atoms with van der Waals surface area (Å²) in [5.74, 6) is 1.16. The summed E-state index contributed by atoms with van der Waals surface area (Å²) >= 11 is 0. The Balaban J connectivity index is 1.90. The zero-order valence-electron chi connectivity index (χ0n) is 18.6. The van der Waals surface area contributed by atoms with Gasteiger partial charge in [0.15, 0.2) is 0 Å². The largest absolute Gasteiger partial charge is 0.497 e. The first-order chi connectivity index (χ1) is 14.5. The first kappa shape index (κ1) is 22.9. The standard InChI is InChI=1S/C23H30N2O5S/c1-16(2)13-25-20-12-18(9-10-21(20)30-15-23(3,4)22(25)26)24-31(27,28)14-17-7-6-8-19(11-17)29-5/h6-12,16,24H,13-15H2,1-5H3. The van der Waals surface area contributed by atoms with Crippen molar-refractivity contribution < 1.29 is 22.7 Å². The van der Waals surface area contributed by atoms with Crippen molar-refractivity contribution in [3.63, 3.8) is 0 Å². The van der Waals surface area contributed by atoms with Crippen LogP contribution in [0.3, 0.4) is 0 Å². The smallest absolute Gasteiger partial charge is 0.236 e. The summed E-state index contributed by atoms with van der Waals surface area (Å²) in [5.41, 5.74) is 0.889. The molecule has 1 aliphatic heterocycles. The fourth-order valence-corrected chi connectivity index (χ4v) is 4.63. The normalized spacial score (nSPS) is 15.8. The van der Waals surface area contributed by atoms with E-state index in [9.17, 15) is 13.2 Å². The Morgan fingerprint density at radius 1 is 1.19 bits per heavy atom. The molecule has 0 atom stereocenters. The van der Waals surface area contributed by atoms with Gasteiger partial charge in [-0.2, -0.15) is 0 Å². The monoisotopic (exact) mass is 446 g/mol. The molecule has 0 unspecified atom stereocenters. The maximum absolute atomic E-state index is 13.2. The Morgan fingerprint density at radius 3 is 2.61 bits per heavy atom. The van der Waals surface area contributed by atoms with Gasteiger partial charge in [0.1, 0.15) is 18.1 Å². The molecule has 0 fully saturated rings. The van der Waals surface area contributed by atoms with E-state index in [1.807, 2.05) is 27.7 Å². The van der Waals surface area contributed by atoms with Gasteiger partial charge in [-0.3, -0.25) is 9.52 Å². The number of hydrogen-bond donors (Lipinski definition) is 1. The van der Waals surface area contributed by atoms with Gasteiger partial charge in [-0.25, -0.2) is 8.42 Å². The van der Waals surface area contributed by atoms with Gasteiger partial charge >= 0.3 is 0 Å². The van der Waals surface area contributed by atoms with E-state index >= 15 is 0 Å². The van der Waals surface area contributed by atoms with Crippen LogP contribution in [0.5, 0.6) is 11.5 Å². The highest BCUT2D eigenvalue weighted by Gasteiger charge is 2.38. The summed E-state index contributed by atoms with van der Waals surface area (Å²) < 4.78 is 39.2. The van der Waals surface area contributed by atoms with Crippen molar-refractivity contribution in [1.29, 1.82) is 0 Å². The highest BCUT2D eigenvalue weighted by Crippen LogP contribution is 2.39. The van der Waals surface area contributed by atoms with Gasteiger partial charge in [0.25, 0.3) is 0 Å². The lowest BCUT2D eigenvalue weighted by Crippen LogP contribution is -2.43. The van der Waals surface area contributed by atoms with Crippen molar-refractivity contribution in [2.45, 2.75) is 33.4 Å². The number of methoxy groups -OCH3 is 1. The van der Waals surface area contributed by atoms with Crippen LogP contribution in [0.25, 0.3) is 0 Å². The van der Waals surface area contributed by atoms with Gasteiger partial charge in [-0.15, -0.1) is 0 Å². The molecule has 0 spiro atoms. The molecule has 2 aromatic rings. The van der Waals surface area contributed by atoms with Gasteiger partial charge in [0, 0.05) is 6.54 Å². The molecule has 1 heterocycles. The third-order valence-electron chi connectivity index (χ3n) is 4.97. The van der Waals surface area contributed by atoms with E-state index in [2.05, 4.69) is 4.72 Å². The molecule has 1 aliphatic rings. The number of sulfonamides is 1. The summed E-state index contributed by atoms with van der Waals surface area (Å²) in [5, 5.41) is 0. The second-order valence-corrected chi connectivity index (χ2v) is 10.6. The molecule has 0 saturated heterocycles. The van der Waals surface area contributed by atoms with E-state index in [1.165, 1.54) is 7.11 Å². The van der Waals surface area contributed by atoms with Crippen molar-refractivity contribution >= 4 is 27.3 Å². The van der Waals surface area contributed by atoms with Crippen LogP contribution in [0.2, 0.25) is 0 Å². The molecule has 3 rings (SSSR count). The van der Waals surface area contributed by atoms with Crippen molar-refractivity contribution in [2.24, 2.45) is 11.3 Å². The summed E-state index contributed by atoms with van der Waals surface area (Å²) in [6, 6.07) is 12.0. The van der Waals surface area contributed by atoms with Crippen molar-refractivity contribution in [2.75, 3.05) is 29.9 Å². The molecule has 0 aliphatic carbocycles. The number of nitrogens with one attached hydrogen (secondary N) is 1. The second kappa shape index (κ2) is 8.78. The average Bonchev–Trinajstić information content (AvgIpc) is 2.77. The van der Waals surface area contributed by atoms with Crippen molar-refractivity contribution in [3.05, 3.63) is 48.0 Å². The number of carbonyl (C=O) groups excluding carboxylic acids is 1. The van der Waals surface area contributed by atoms with E-state index in [4.69, 9.17) is 9.47 Å². The van der Waals surface area contributed by atoms with E-state index in [1.54, 1.807) is 47.4 Å². The number of nitrogens with zero attached hydrogens (tertiary/aromatic N) is 1. The van der Waals surface area contributed by atoms with Crippen LogP contribution < -0.4 is 19.1 Å². The Labute approximate surface area is 184 Å². The summed E-state index contributed by atoms with van der Waals surface area (Å²) in [7, 11) is -2.14. The molecule has 7 nitrogen and oxygen atoms in total. The van der Waals surface area contributed by atoms with E-state index in [-0.39, 0.29) is 24.2 Å². The van der Waals surface area contributed by atoms with E-state index in [0.29, 0.717) is 35.0 Å². The van der Waals surface area contributed by atoms with Gasteiger partial charge in [0.05, 0.1) is 29.7 Å². The molecule has 168 valence electrons. The van der Waals surface area contributed by atoms with Gasteiger partial charge in [0.2, 0.25) is 15.9 Å². The van der Waals surface area contributed by atoms with Crippen LogP contribution in [-0.2, 0) is 20.6 Å². The van der Waals surface area contributed by atoms with Crippen LogP contribution >= 0.6 is 0 Å². The molecule has 0 saturated carbocycles. The fraction of sp³-hybridized carbons (Fsp3) is 0.435. The minimum absolute atomic E-state index is 0.0451. The zero-order valence-corrected chi connectivity index (χ0v) is 19.5. The van der Waals surface area contributed by atoms with Gasteiger partial charge < -0.3 is 14.4 Å². The lowest BCUT2D eigenvalue weighted by atomic mass is 9.92. The van der Waals surface area contributed by atoms with Crippen LogP contribution in [0, 0.1) is 11.3 Å². The predicted octanol–water partition coefficient (Wildman–Crippen LogP) is 4.04. The van der Waals surface area contributed by atoms with E-state index < -0.39 is 15.4 Å². The number of fused-ring (bicyclic) bond motifs is 1. The predicted molar refractivity (Wildman–Crippen MR) is 122 cm³/mol.